The first kappa shape index (κ1) is 10.7. The number of aromatic nitrogens is 2. The molecule has 88 valence electrons. The fourth-order valence-corrected chi connectivity index (χ4v) is 2.24. The highest BCUT2D eigenvalue weighted by molar-refractivity contribution is 6.30. The summed E-state index contributed by atoms with van der Waals surface area (Å²) >= 11 is 5.94. The first-order chi connectivity index (χ1) is 8.33. The molecule has 1 saturated heterocycles. The van der Waals surface area contributed by atoms with Crippen molar-refractivity contribution in [2.24, 2.45) is 0 Å². The molecule has 1 aromatic carbocycles. The number of hydrogen-bond donors (Lipinski definition) is 1. The second kappa shape index (κ2) is 4.47. The number of H-pyrrole nitrogens is 1. The minimum absolute atomic E-state index is 0.235. The van der Waals surface area contributed by atoms with Crippen molar-refractivity contribution in [3.63, 3.8) is 0 Å². The standard InChI is InChI=1S/C12H12ClN3O/c13-9-4-1-3-8(7-9)11-15-16-12(17-11)10-5-2-6-14-10/h1,3-4,7,10,14H,2,5-6H2/p+1. The summed E-state index contributed by atoms with van der Waals surface area (Å²) in [7, 11) is 0. The lowest BCUT2D eigenvalue weighted by Gasteiger charge is -1.99. The summed E-state index contributed by atoms with van der Waals surface area (Å²) in [6.45, 7) is 1.03. The molecule has 2 heterocycles. The van der Waals surface area contributed by atoms with Crippen LogP contribution in [0.2, 0.25) is 5.02 Å². The Morgan fingerprint density at radius 2 is 2.41 bits per heavy atom. The lowest BCUT2D eigenvalue weighted by Crippen LogP contribution is -2.14. The summed E-state index contributed by atoms with van der Waals surface area (Å²) in [5, 5.41) is 11.2. The van der Waals surface area contributed by atoms with E-state index in [1.165, 1.54) is 6.42 Å². The van der Waals surface area contributed by atoms with Crippen LogP contribution >= 0.6 is 11.6 Å². The minimum Gasteiger partial charge on any atom is -0.380 e. The van der Waals surface area contributed by atoms with Crippen molar-refractivity contribution in [1.29, 1.82) is 0 Å². The fourth-order valence-electron chi connectivity index (χ4n) is 2.05. The van der Waals surface area contributed by atoms with E-state index in [2.05, 4.69) is 15.5 Å². The quantitative estimate of drug-likeness (QED) is 0.889. The largest absolute Gasteiger partial charge is 0.405 e. The Morgan fingerprint density at radius 1 is 1.47 bits per heavy atom. The van der Waals surface area contributed by atoms with Crippen LogP contribution in [0.25, 0.3) is 11.5 Å². The molecule has 1 fully saturated rings. The third-order valence-corrected chi connectivity index (χ3v) is 3.15. The number of nitrogens with zero attached hydrogens (tertiary/aromatic N) is 1. The van der Waals surface area contributed by atoms with E-state index in [9.17, 15) is 0 Å². The highest BCUT2D eigenvalue weighted by Crippen LogP contribution is 2.24. The molecule has 1 aliphatic heterocycles. The van der Waals surface area contributed by atoms with Crippen molar-refractivity contribution in [2.45, 2.75) is 18.9 Å². The van der Waals surface area contributed by atoms with Crippen LogP contribution in [-0.2, 0) is 0 Å². The number of aromatic amines is 1. The van der Waals surface area contributed by atoms with Gasteiger partial charge in [-0.15, -0.1) is 0 Å². The van der Waals surface area contributed by atoms with Crippen molar-refractivity contribution in [3.8, 4) is 11.5 Å². The van der Waals surface area contributed by atoms with Gasteiger partial charge in [0.1, 0.15) is 0 Å². The van der Waals surface area contributed by atoms with Gasteiger partial charge in [-0.1, -0.05) is 22.8 Å². The van der Waals surface area contributed by atoms with E-state index in [0.29, 0.717) is 10.9 Å². The molecular formula is C12H13ClN3O+. The molecule has 2 N–H and O–H groups in total. The summed E-state index contributed by atoms with van der Waals surface area (Å²) in [6.07, 6.45) is 2.24. The number of rotatable bonds is 2. The summed E-state index contributed by atoms with van der Waals surface area (Å²) in [6, 6.07) is 7.75. The normalized spacial score (nSPS) is 19.7. The SMILES string of the molecule is Clc1cccc(-c2[nH+]nc(C3CCCN3)o2)c1. The van der Waals surface area contributed by atoms with Crippen LogP contribution in [0, 0.1) is 0 Å². The zero-order valence-corrected chi connectivity index (χ0v) is 10.00. The Bertz CT molecular complexity index is 520. The first-order valence-corrected chi connectivity index (χ1v) is 6.08. The number of benzene rings is 1. The van der Waals surface area contributed by atoms with Gasteiger partial charge in [0, 0.05) is 10.1 Å². The van der Waals surface area contributed by atoms with E-state index >= 15 is 0 Å². The minimum atomic E-state index is 0.235. The van der Waals surface area contributed by atoms with Crippen LogP contribution in [0.3, 0.4) is 0 Å². The molecule has 0 aliphatic carbocycles. The van der Waals surface area contributed by atoms with Crippen LogP contribution < -0.4 is 10.4 Å². The molecule has 5 heteroatoms. The van der Waals surface area contributed by atoms with Crippen molar-refractivity contribution in [3.05, 3.63) is 35.2 Å². The maximum atomic E-state index is 5.94. The average molecular weight is 251 g/mol. The number of halogens is 1. The molecule has 1 aromatic heterocycles. The maximum Gasteiger partial charge on any atom is 0.405 e. The zero-order chi connectivity index (χ0) is 11.7. The first-order valence-electron chi connectivity index (χ1n) is 5.70. The van der Waals surface area contributed by atoms with E-state index < -0.39 is 0 Å². The van der Waals surface area contributed by atoms with Crippen LogP contribution in [0.5, 0.6) is 0 Å². The lowest BCUT2D eigenvalue weighted by molar-refractivity contribution is -0.443. The Hall–Kier alpha value is -1.39. The molecule has 0 spiro atoms. The Kier molecular flexibility index (Phi) is 2.82. The van der Waals surface area contributed by atoms with Gasteiger partial charge < -0.3 is 9.73 Å². The molecule has 0 bridgehead atoms. The molecular weight excluding hydrogens is 238 g/mol. The Balaban J connectivity index is 1.89. The molecule has 2 aromatic rings. The highest BCUT2D eigenvalue weighted by Gasteiger charge is 2.25. The van der Waals surface area contributed by atoms with E-state index in [4.69, 9.17) is 16.0 Å². The molecule has 4 nitrogen and oxygen atoms in total. The van der Waals surface area contributed by atoms with E-state index in [1.807, 2.05) is 24.3 Å². The van der Waals surface area contributed by atoms with Gasteiger partial charge in [0.15, 0.2) is 0 Å². The van der Waals surface area contributed by atoms with Gasteiger partial charge in [0.25, 0.3) is 5.89 Å². The molecule has 1 unspecified atom stereocenters. The molecule has 1 aliphatic rings. The number of nitrogens with one attached hydrogen (secondary N) is 2. The Morgan fingerprint density at radius 3 is 3.18 bits per heavy atom. The lowest BCUT2D eigenvalue weighted by atomic mass is 10.2. The summed E-state index contributed by atoms with van der Waals surface area (Å²) < 4.78 is 5.72. The van der Waals surface area contributed by atoms with Gasteiger partial charge >= 0.3 is 5.89 Å². The van der Waals surface area contributed by atoms with E-state index in [-0.39, 0.29) is 6.04 Å². The summed E-state index contributed by atoms with van der Waals surface area (Å²) in [4.78, 5) is 0. The molecule has 1 atom stereocenters. The molecule has 0 radical (unpaired) electrons. The predicted molar refractivity (Wildman–Crippen MR) is 63.5 cm³/mol. The van der Waals surface area contributed by atoms with Crippen LogP contribution in [0.4, 0.5) is 0 Å². The van der Waals surface area contributed by atoms with Gasteiger partial charge in [-0.2, -0.15) is 0 Å². The van der Waals surface area contributed by atoms with Gasteiger partial charge in [0.05, 0.1) is 11.6 Å². The van der Waals surface area contributed by atoms with Gasteiger partial charge in [-0.3, -0.25) is 0 Å². The second-order valence-electron chi connectivity index (χ2n) is 4.15. The maximum absolute atomic E-state index is 5.94. The Labute approximate surface area is 104 Å². The topological polar surface area (TPSA) is 52.2 Å². The average Bonchev–Trinajstić information content (AvgIpc) is 3.00. The fraction of sp³-hybridized carbons (Fsp3) is 0.333. The van der Waals surface area contributed by atoms with Gasteiger partial charge in [-0.25, -0.2) is 0 Å². The third-order valence-electron chi connectivity index (χ3n) is 2.92. The molecule has 0 saturated carbocycles. The predicted octanol–water partition coefficient (Wildman–Crippen LogP) is 2.23. The van der Waals surface area contributed by atoms with Gasteiger partial charge in [-0.05, 0) is 37.6 Å². The van der Waals surface area contributed by atoms with Crippen LogP contribution in [0.1, 0.15) is 24.8 Å². The van der Waals surface area contributed by atoms with Crippen molar-refractivity contribution < 1.29 is 9.52 Å². The zero-order valence-electron chi connectivity index (χ0n) is 9.24. The molecule has 17 heavy (non-hydrogen) atoms. The van der Waals surface area contributed by atoms with E-state index in [1.54, 1.807) is 0 Å². The van der Waals surface area contributed by atoms with Crippen molar-refractivity contribution >= 4 is 11.6 Å². The highest BCUT2D eigenvalue weighted by atomic mass is 35.5. The van der Waals surface area contributed by atoms with Gasteiger partial charge in [0.2, 0.25) is 0 Å². The van der Waals surface area contributed by atoms with Crippen LogP contribution in [0.15, 0.2) is 28.7 Å². The summed E-state index contributed by atoms with van der Waals surface area (Å²) in [5.74, 6) is 1.37. The monoisotopic (exact) mass is 250 g/mol. The van der Waals surface area contributed by atoms with E-state index in [0.717, 1.165) is 24.4 Å². The second-order valence-corrected chi connectivity index (χ2v) is 4.59. The molecule has 3 rings (SSSR count). The van der Waals surface area contributed by atoms with Crippen molar-refractivity contribution in [1.82, 2.24) is 10.4 Å². The third kappa shape index (κ3) is 2.18. The molecule has 0 amide bonds. The number of hydrogen-bond acceptors (Lipinski definition) is 3. The van der Waals surface area contributed by atoms with Crippen molar-refractivity contribution in [2.75, 3.05) is 6.54 Å². The van der Waals surface area contributed by atoms with Crippen LogP contribution in [-0.4, -0.2) is 11.6 Å². The smallest absolute Gasteiger partial charge is 0.380 e. The summed E-state index contributed by atoms with van der Waals surface area (Å²) in [5.41, 5.74) is 0.911.